The van der Waals surface area contributed by atoms with Crippen molar-refractivity contribution in [3.05, 3.63) is 11.6 Å². The first-order valence-electron chi connectivity index (χ1n) is 17.3. The standard InChI is InChI=1S/C36H62O8/c1-20(2)10-9-14-36(8,42)21-11-16-35(7)27(21)22(38)18-25-33(5)15-13-26(32(3,4)24(33)12-17-34(25,35)6)44-31-30(41)29(40)28(39)23(19-37)43-31/h10,21-31,37-42H,9,11-19H2,1-8H3/t21-,22?,23?,24+,25-,26?,27+,28?,29?,30?,31-,33+,34-,35+,36-/m1/s1. The molecular weight excluding hydrogens is 560 g/mol. The zero-order chi connectivity index (χ0) is 32.6. The summed E-state index contributed by atoms with van der Waals surface area (Å²) in [5.41, 5.74) is 0.122. The van der Waals surface area contributed by atoms with Gasteiger partial charge in [-0.3, -0.25) is 0 Å². The fourth-order valence-electron chi connectivity index (χ4n) is 11.9. The van der Waals surface area contributed by atoms with Crippen molar-refractivity contribution in [2.24, 2.45) is 45.3 Å². The van der Waals surface area contributed by atoms with Crippen LogP contribution in [0, 0.1) is 45.3 Å². The second-order valence-corrected chi connectivity index (χ2v) is 17.3. The molecule has 5 fully saturated rings. The molecular formula is C36H62O8. The van der Waals surface area contributed by atoms with Gasteiger partial charge in [-0.2, -0.15) is 0 Å². The molecule has 1 saturated heterocycles. The number of fused-ring (bicyclic) bond motifs is 5. The van der Waals surface area contributed by atoms with Crippen molar-refractivity contribution in [1.29, 1.82) is 0 Å². The van der Waals surface area contributed by atoms with Gasteiger partial charge in [-0.05, 0) is 124 Å². The molecule has 15 atom stereocenters. The second kappa shape index (κ2) is 11.8. The number of aliphatic hydroxyl groups excluding tert-OH is 5. The largest absolute Gasteiger partial charge is 0.394 e. The van der Waals surface area contributed by atoms with Crippen molar-refractivity contribution in [3.8, 4) is 0 Å². The molecule has 254 valence electrons. The minimum atomic E-state index is -1.46. The van der Waals surface area contributed by atoms with E-state index in [1.165, 1.54) is 5.57 Å². The summed E-state index contributed by atoms with van der Waals surface area (Å²) in [6.45, 7) is 17.5. The lowest BCUT2D eigenvalue weighted by molar-refractivity contribution is -0.332. The van der Waals surface area contributed by atoms with Crippen molar-refractivity contribution in [3.63, 3.8) is 0 Å². The summed E-state index contributed by atoms with van der Waals surface area (Å²) in [7, 11) is 0. The predicted octanol–water partition coefficient (Wildman–Crippen LogP) is 4.32. The molecule has 4 aliphatic carbocycles. The van der Waals surface area contributed by atoms with Crippen LogP contribution in [0.5, 0.6) is 0 Å². The maximum absolute atomic E-state index is 12.0. The minimum Gasteiger partial charge on any atom is -0.394 e. The molecule has 1 aliphatic heterocycles. The second-order valence-electron chi connectivity index (χ2n) is 17.3. The van der Waals surface area contributed by atoms with Crippen molar-refractivity contribution < 1.29 is 40.1 Å². The molecule has 44 heavy (non-hydrogen) atoms. The van der Waals surface area contributed by atoms with Gasteiger partial charge >= 0.3 is 0 Å². The number of hydrogen-bond donors (Lipinski definition) is 6. The average Bonchev–Trinajstić information content (AvgIpc) is 3.32. The first kappa shape index (κ1) is 34.7. The lowest BCUT2D eigenvalue weighted by Crippen LogP contribution is -2.67. The van der Waals surface area contributed by atoms with E-state index in [9.17, 15) is 30.6 Å². The number of aliphatic hydroxyl groups is 6. The van der Waals surface area contributed by atoms with Gasteiger partial charge in [0.05, 0.1) is 24.4 Å². The van der Waals surface area contributed by atoms with Crippen LogP contribution in [0.25, 0.3) is 0 Å². The summed E-state index contributed by atoms with van der Waals surface area (Å²) in [6.07, 6.45) is 3.15. The van der Waals surface area contributed by atoms with Gasteiger partial charge in [0.2, 0.25) is 0 Å². The van der Waals surface area contributed by atoms with Crippen molar-refractivity contribution in [2.45, 2.75) is 162 Å². The third-order valence-corrected chi connectivity index (χ3v) is 14.5. The average molecular weight is 623 g/mol. The third kappa shape index (κ3) is 5.26. The molecule has 6 unspecified atom stereocenters. The van der Waals surface area contributed by atoms with Crippen LogP contribution in [-0.2, 0) is 9.47 Å². The van der Waals surface area contributed by atoms with Crippen LogP contribution < -0.4 is 0 Å². The Morgan fingerprint density at radius 2 is 1.55 bits per heavy atom. The molecule has 6 N–H and O–H groups in total. The number of allylic oxidation sites excluding steroid dienone is 2. The van der Waals surface area contributed by atoms with Gasteiger partial charge in [0, 0.05) is 0 Å². The third-order valence-electron chi connectivity index (χ3n) is 14.5. The van der Waals surface area contributed by atoms with E-state index < -0.39 is 49.0 Å². The molecule has 0 radical (unpaired) electrons. The molecule has 0 aromatic carbocycles. The van der Waals surface area contributed by atoms with E-state index in [0.717, 1.165) is 51.4 Å². The Balaban J connectivity index is 1.37. The van der Waals surface area contributed by atoms with E-state index in [-0.39, 0.29) is 39.6 Å². The van der Waals surface area contributed by atoms with E-state index >= 15 is 0 Å². The summed E-state index contributed by atoms with van der Waals surface area (Å²) >= 11 is 0. The zero-order valence-electron chi connectivity index (χ0n) is 28.5. The lowest BCUT2D eigenvalue weighted by Gasteiger charge is -2.70. The maximum atomic E-state index is 12.0. The highest BCUT2D eigenvalue weighted by atomic mass is 16.7. The Morgan fingerprint density at radius 3 is 2.18 bits per heavy atom. The van der Waals surface area contributed by atoms with Gasteiger partial charge in [-0.25, -0.2) is 0 Å². The van der Waals surface area contributed by atoms with Crippen LogP contribution in [0.4, 0.5) is 0 Å². The predicted molar refractivity (Wildman–Crippen MR) is 168 cm³/mol. The Morgan fingerprint density at radius 1 is 0.886 bits per heavy atom. The van der Waals surface area contributed by atoms with Crippen molar-refractivity contribution in [2.75, 3.05) is 6.61 Å². The van der Waals surface area contributed by atoms with Crippen LogP contribution in [-0.4, -0.2) is 85.8 Å². The Kier molecular flexibility index (Phi) is 9.35. The quantitative estimate of drug-likeness (QED) is 0.182. The van der Waals surface area contributed by atoms with Crippen LogP contribution in [0.3, 0.4) is 0 Å². The van der Waals surface area contributed by atoms with Gasteiger partial charge in [0.1, 0.15) is 24.4 Å². The number of ether oxygens (including phenoxy) is 2. The van der Waals surface area contributed by atoms with E-state index in [0.29, 0.717) is 18.3 Å². The molecule has 0 bridgehead atoms. The molecule has 8 nitrogen and oxygen atoms in total. The first-order chi connectivity index (χ1) is 20.3. The molecule has 0 amide bonds. The Hall–Kier alpha value is -0.580. The summed E-state index contributed by atoms with van der Waals surface area (Å²) in [5.74, 6) is 0.792. The van der Waals surface area contributed by atoms with Crippen molar-refractivity contribution >= 4 is 0 Å². The van der Waals surface area contributed by atoms with E-state index in [2.05, 4.69) is 54.5 Å². The highest BCUT2D eigenvalue weighted by Gasteiger charge is 2.71. The SMILES string of the molecule is CC(C)=CCC[C@@](C)(O)[C@@H]1CC[C@@]2(C)[C@@H]1C(O)C[C@@H]1[C@@]3(C)CCC(O[C@H]4OC(CO)C(O)C(O)C4O)C(C)(C)[C@@H]3CC[C@]12C. The first-order valence-corrected chi connectivity index (χ1v) is 17.3. The van der Waals surface area contributed by atoms with Gasteiger partial charge in [-0.1, -0.05) is 46.3 Å². The Labute approximate surface area is 265 Å². The molecule has 0 spiro atoms. The monoisotopic (exact) mass is 622 g/mol. The number of hydrogen-bond acceptors (Lipinski definition) is 8. The van der Waals surface area contributed by atoms with E-state index in [1.54, 1.807) is 0 Å². The summed E-state index contributed by atoms with van der Waals surface area (Å²) < 4.78 is 12.2. The summed E-state index contributed by atoms with van der Waals surface area (Å²) in [6, 6.07) is 0. The highest BCUT2D eigenvalue weighted by molar-refractivity contribution is 5.20. The molecule has 1 heterocycles. The van der Waals surface area contributed by atoms with Crippen LogP contribution in [0.2, 0.25) is 0 Å². The zero-order valence-corrected chi connectivity index (χ0v) is 28.5. The molecule has 0 aromatic rings. The summed E-state index contributed by atoms with van der Waals surface area (Å²) in [5, 5.41) is 64.8. The highest BCUT2D eigenvalue weighted by Crippen LogP contribution is 2.76. The van der Waals surface area contributed by atoms with Gasteiger partial charge < -0.3 is 40.1 Å². The van der Waals surface area contributed by atoms with Gasteiger partial charge in [0.25, 0.3) is 0 Å². The lowest BCUT2D eigenvalue weighted by atomic mass is 9.35. The van der Waals surface area contributed by atoms with Crippen molar-refractivity contribution in [1.82, 2.24) is 0 Å². The normalized spacial score (nSPS) is 51.5. The number of rotatable bonds is 7. The smallest absolute Gasteiger partial charge is 0.186 e. The fourth-order valence-corrected chi connectivity index (χ4v) is 11.9. The van der Waals surface area contributed by atoms with Gasteiger partial charge in [-0.15, -0.1) is 0 Å². The van der Waals surface area contributed by atoms with Crippen LogP contribution >= 0.6 is 0 Å². The van der Waals surface area contributed by atoms with Gasteiger partial charge in [0.15, 0.2) is 6.29 Å². The summed E-state index contributed by atoms with van der Waals surface area (Å²) in [4.78, 5) is 0. The maximum Gasteiger partial charge on any atom is 0.186 e. The topological polar surface area (TPSA) is 140 Å². The fraction of sp³-hybridized carbons (Fsp3) is 0.944. The van der Waals surface area contributed by atoms with Crippen LogP contribution in [0.15, 0.2) is 11.6 Å². The molecule has 0 aromatic heterocycles. The molecule has 5 aliphatic rings. The van der Waals surface area contributed by atoms with E-state index in [1.807, 2.05) is 6.92 Å². The van der Waals surface area contributed by atoms with Crippen LogP contribution in [0.1, 0.15) is 113 Å². The van der Waals surface area contributed by atoms with E-state index in [4.69, 9.17) is 9.47 Å². The Bertz CT molecular complexity index is 1070. The molecule has 4 saturated carbocycles. The minimum absolute atomic E-state index is 0.0231. The molecule has 8 heteroatoms. The molecule has 5 rings (SSSR count).